The highest BCUT2D eigenvalue weighted by molar-refractivity contribution is 5.81. The zero-order valence-electron chi connectivity index (χ0n) is 14.6. The third-order valence-electron chi connectivity index (χ3n) is 5.26. The number of hydrogen-bond donors (Lipinski definition) is 0. The van der Waals surface area contributed by atoms with Crippen LogP contribution in [0.1, 0.15) is 38.7 Å². The van der Waals surface area contributed by atoms with Crippen LogP contribution in [-0.4, -0.2) is 53.6 Å². The minimum Gasteiger partial charge on any atom is -0.360 e. The summed E-state index contributed by atoms with van der Waals surface area (Å²) < 4.78 is 19.2. The third kappa shape index (κ3) is 3.78. The Balaban J connectivity index is 1.64. The number of halogens is 1. The summed E-state index contributed by atoms with van der Waals surface area (Å²) in [6.07, 6.45) is 2.63. The summed E-state index contributed by atoms with van der Waals surface area (Å²) in [5.74, 6) is -0.0852. The molecule has 1 amide bonds. The van der Waals surface area contributed by atoms with Crippen molar-refractivity contribution in [2.45, 2.75) is 51.4 Å². The molecule has 24 heavy (non-hydrogen) atoms. The van der Waals surface area contributed by atoms with Crippen molar-refractivity contribution in [2.24, 2.45) is 0 Å². The topological polar surface area (TPSA) is 32.8 Å². The average Bonchev–Trinajstić information content (AvgIpc) is 2.76. The zero-order chi connectivity index (χ0) is 17.2. The SMILES string of the molecule is CCN1C[C@]2(CCCN(Cc3ccc(F)cc3)CC2)O[C@@H](C)C1=O. The first-order valence-corrected chi connectivity index (χ1v) is 8.95. The fourth-order valence-corrected chi connectivity index (χ4v) is 3.92. The van der Waals surface area contributed by atoms with Crippen molar-refractivity contribution < 1.29 is 13.9 Å². The maximum Gasteiger partial charge on any atom is 0.251 e. The molecule has 1 aromatic rings. The molecule has 2 fully saturated rings. The Morgan fingerprint density at radius 2 is 2.00 bits per heavy atom. The van der Waals surface area contributed by atoms with Crippen molar-refractivity contribution in [2.75, 3.05) is 26.2 Å². The van der Waals surface area contributed by atoms with E-state index in [1.807, 2.05) is 30.9 Å². The van der Waals surface area contributed by atoms with Gasteiger partial charge in [0.25, 0.3) is 5.91 Å². The van der Waals surface area contributed by atoms with Gasteiger partial charge < -0.3 is 9.64 Å². The van der Waals surface area contributed by atoms with Crippen molar-refractivity contribution in [3.8, 4) is 0 Å². The molecule has 2 aliphatic rings. The van der Waals surface area contributed by atoms with Gasteiger partial charge in [-0.3, -0.25) is 9.69 Å². The molecule has 1 spiro atoms. The van der Waals surface area contributed by atoms with Crippen LogP contribution >= 0.6 is 0 Å². The van der Waals surface area contributed by atoms with E-state index in [0.29, 0.717) is 6.54 Å². The number of likely N-dealkylation sites (tertiary alicyclic amines) is 1. The number of carbonyl (C=O) groups is 1. The summed E-state index contributed by atoms with van der Waals surface area (Å²) in [5, 5.41) is 0. The molecule has 0 aliphatic carbocycles. The van der Waals surface area contributed by atoms with E-state index in [0.717, 1.165) is 51.0 Å². The van der Waals surface area contributed by atoms with Crippen LogP contribution in [0.25, 0.3) is 0 Å². The Bertz CT molecular complexity index is 577. The largest absolute Gasteiger partial charge is 0.360 e. The number of likely N-dealkylation sites (N-methyl/N-ethyl adjacent to an activating group) is 1. The molecule has 0 N–H and O–H groups in total. The number of morpholine rings is 1. The number of hydrogen-bond acceptors (Lipinski definition) is 3. The number of rotatable bonds is 3. The maximum atomic E-state index is 13.0. The van der Waals surface area contributed by atoms with E-state index >= 15 is 0 Å². The summed E-state index contributed by atoms with van der Waals surface area (Å²) >= 11 is 0. The number of nitrogens with zero attached hydrogens (tertiary/aromatic N) is 2. The Morgan fingerprint density at radius 1 is 1.25 bits per heavy atom. The van der Waals surface area contributed by atoms with E-state index < -0.39 is 0 Å². The Kier molecular flexibility index (Phi) is 5.21. The standard InChI is InChI=1S/C19H27FN2O2/c1-3-22-14-19(24-15(2)18(22)23)9-4-11-21(12-10-19)13-16-5-7-17(20)8-6-16/h5-8,15H,3-4,9-14H2,1-2H3/t15-,19+/m0/s1. The van der Waals surface area contributed by atoms with Gasteiger partial charge >= 0.3 is 0 Å². The summed E-state index contributed by atoms with van der Waals surface area (Å²) in [5.41, 5.74) is 0.927. The minimum absolute atomic E-state index is 0.107. The molecule has 0 unspecified atom stereocenters. The molecular formula is C19H27FN2O2. The molecule has 5 heteroatoms. The molecule has 3 rings (SSSR count). The van der Waals surface area contributed by atoms with Gasteiger partial charge in [0.15, 0.2) is 0 Å². The molecular weight excluding hydrogens is 307 g/mol. The van der Waals surface area contributed by atoms with Crippen molar-refractivity contribution in [1.82, 2.24) is 9.80 Å². The highest BCUT2D eigenvalue weighted by atomic mass is 19.1. The van der Waals surface area contributed by atoms with E-state index in [9.17, 15) is 9.18 Å². The predicted octanol–water partition coefficient (Wildman–Crippen LogP) is 2.82. The van der Waals surface area contributed by atoms with Gasteiger partial charge in [0.05, 0.1) is 5.60 Å². The van der Waals surface area contributed by atoms with Crippen LogP contribution in [0.4, 0.5) is 4.39 Å². The lowest BCUT2D eigenvalue weighted by molar-refractivity contribution is -0.182. The second-order valence-electron chi connectivity index (χ2n) is 7.05. The van der Waals surface area contributed by atoms with Crippen LogP contribution in [0.15, 0.2) is 24.3 Å². The molecule has 4 nitrogen and oxygen atoms in total. The van der Waals surface area contributed by atoms with Gasteiger partial charge in [-0.1, -0.05) is 12.1 Å². The quantitative estimate of drug-likeness (QED) is 0.852. The van der Waals surface area contributed by atoms with Crippen LogP contribution in [0, 0.1) is 5.82 Å². The number of amides is 1. The fourth-order valence-electron chi connectivity index (χ4n) is 3.92. The lowest BCUT2D eigenvalue weighted by Gasteiger charge is -2.44. The molecule has 0 aromatic heterocycles. The summed E-state index contributed by atoms with van der Waals surface area (Å²) in [6, 6.07) is 6.75. The number of carbonyl (C=O) groups excluding carboxylic acids is 1. The maximum absolute atomic E-state index is 13.0. The van der Waals surface area contributed by atoms with Crippen LogP contribution in [0.3, 0.4) is 0 Å². The zero-order valence-corrected chi connectivity index (χ0v) is 14.6. The smallest absolute Gasteiger partial charge is 0.251 e. The van der Waals surface area contributed by atoms with E-state index in [-0.39, 0.29) is 23.4 Å². The van der Waals surface area contributed by atoms with Crippen molar-refractivity contribution in [1.29, 1.82) is 0 Å². The molecule has 2 aliphatic heterocycles. The molecule has 132 valence electrons. The summed E-state index contributed by atoms with van der Waals surface area (Å²) in [6.45, 7) is 8.13. The normalized spacial score (nSPS) is 29.0. The third-order valence-corrected chi connectivity index (χ3v) is 5.26. The molecule has 2 saturated heterocycles. The molecule has 2 atom stereocenters. The van der Waals surface area contributed by atoms with Crippen molar-refractivity contribution in [3.63, 3.8) is 0 Å². The van der Waals surface area contributed by atoms with Gasteiger partial charge in [-0.25, -0.2) is 4.39 Å². The van der Waals surface area contributed by atoms with Crippen molar-refractivity contribution in [3.05, 3.63) is 35.6 Å². The monoisotopic (exact) mass is 334 g/mol. The predicted molar refractivity (Wildman–Crippen MR) is 91.1 cm³/mol. The number of ether oxygens (including phenoxy) is 1. The number of benzene rings is 1. The first-order valence-electron chi connectivity index (χ1n) is 8.95. The Morgan fingerprint density at radius 3 is 2.71 bits per heavy atom. The molecule has 0 radical (unpaired) electrons. The van der Waals surface area contributed by atoms with Crippen LogP contribution < -0.4 is 0 Å². The summed E-state index contributed by atoms with van der Waals surface area (Å²) in [7, 11) is 0. The van der Waals surface area contributed by atoms with E-state index in [2.05, 4.69) is 4.90 Å². The van der Waals surface area contributed by atoms with Gasteiger partial charge in [0, 0.05) is 26.2 Å². The van der Waals surface area contributed by atoms with Crippen molar-refractivity contribution >= 4 is 5.91 Å². The minimum atomic E-state index is -0.345. The van der Waals surface area contributed by atoms with Gasteiger partial charge in [0.1, 0.15) is 11.9 Å². The van der Waals surface area contributed by atoms with Gasteiger partial charge in [-0.05, 0) is 57.4 Å². The van der Waals surface area contributed by atoms with Crippen LogP contribution in [0.2, 0.25) is 0 Å². The van der Waals surface area contributed by atoms with Gasteiger partial charge in [-0.15, -0.1) is 0 Å². The lowest BCUT2D eigenvalue weighted by atomic mass is 9.91. The van der Waals surface area contributed by atoms with E-state index in [1.54, 1.807) is 0 Å². The van der Waals surface area contributed by atoms with Gasteiger partial charge in [-0.2, -0.15) is 0 Å². The molecule has 0 bridgehead atoms. The first-order chi connectivity index (χ1) is 11.5. The highest BCUT2D eigenvalue weighted by Gasteiger charge is 2.43. The summed E-state index contributed by atoms with van der Waals surface area (Å²) in [4.78, 5) is 16.5. The molecule has 0 saturated carbocycles. The second-order valence-corrected chi connectivity index (χ2v) is 7.05. The Labute approximate surface area is 143 Å². The van der Waals surface area contributed by atoms with Gasteiger partial charge in [0.2, 0.25) is 0 Å². The van der Waals surface area contributed by atoms with E-state index in [4.69, 9.17) is 4.74 Å². The lowest BCUT2D eigenvalue weighted by Crippen LogP contribution is -2.58. The fraction of sp³-hybridized carbons (Fsp3) is 0.632. The molecule has 1 aromatic carbocycles. The van der Waals surface area contributed by atoms with Crippen LogP contribution in [-0.2, 0) is 16.1 Å². The van der Waals surface area contributed by atoms with E-state index in [1.165, 1.54) is 12.1 Å². The van der Waals surface area contributed by atoms with Crippen LogP contribution in [0.5, 0.6) is 0 Å². The Hall–Kier alpha value is -1.46. The second kappa shape index (κ2) is 7.19. The average molecular weight is 334 g/mol. The first kappa shape index (κ1) is 17.4. The highest BCUT2D eigenvalue weighted by Crippen LogP contribution is 2.33. The molecule has 2 heterocycles.